The Morgan fingerprint density at radius 1 is 1.04 bits per heavy atom. The molecule has 2 aromatic carbocycles. The summed E-state index contributed by atoms with van der Waals surface area (Å²) in [5.74, 6) is -2.64. The molecule has 0 aliphatic carbocycles. The third-order valence-electron chi connectivity index (χ3n) is 4.99. The van der Waals surface area contributed by atoms with Crippen molar-refractivity contribution in [3.8, 4) is 11.4 Å². The smallest absolute Gasteiger partial charge is 0.317 e. The number of thiazole rings is 1. The molecule has 2 aliphatic rings. The van der Waals surface area contributed by atoms with Crippen molar-refractivity contribution in [1.29, 1.82) is 0 Å². The molecule has 0 saturated carbocycles. The average Bonchev–Trinajstić information content (AvgIpc) is 3.03. The number of fused-ring (bicyclic) bond motifs is 5. The van der Waals surface area contributed by atoms with E-state index in [-0.39, 0.29) is 4.87 Å². The lowest BCUT2D eigenvalue weighted by molar-refractivity contribution is -0.147. The molecule has 3 heterocycles. The highest BCUT2D eigenvalue weighted by molar-refractivity contribution is 8.00. The SMILES string of the molecule is O=C1Oc2ccccc2[C@@H]2c3sc(=O)n(-c4ccccc4)c3S[C@@H](C(=O)O)[C@H]12. The molecule has 0 bridgehead atoms. The fraction of sp³-hybridized carbons (Fsp3) is 0.150. The monoisotopic (exact) mass is 411 g/mol. The van der Waals surface area contributed by atoms with Crippen LogP contribution < -0.4 is 9.61 Å². The number of hydrogen-bond donors (Lipinski definition) is 1. The summed E-state index contributed by atoms with van der Waals surface area (Å²) >= 11 is 2.11. The summed E-state index contributed by atoms with van der Waals surface area (Å²) in [7, 11) is 0. The molecular weight excluding hydrogens is 398 g/mol. The molecule has 3 aromatic rings. The zero-order valence-corrected chi connectivity index (χ0v) is 15.9. The van der Waals surface area contributed by atoms with Gasteiger partial charge in [-0.05, 0) is 18.2 Å². The number of nitrogens with zero attached hydrogens (tertiary/aromatic N) is 1. The number of esters is 1. The van der Waals surface area contributed by atoms with E-state index in [1.807, 2.05) is 30.3 Å². The number of aromatic nitrogens is 1. The molecule has 28 heavy (non-hydrogen) atoms. The van der Waals surface area contributed by atoms with Crippen molar-refractivity contribution < 1.29 is 19.4 Å². The van der Waals surface area contributed by atoms with Gasteiger partial charge < -0.3 is 9.84 Å². The number of carbonyl (C=O) groups is 2. The predicted molar refractivity (Wildman–Crippen MR) is 105 cm³/mol. The van der Waals surface area contributed by atoms with Gasteiger partial charge in [0.15, 0.2) is 0 Å². The van der Waals surface area contributed by atoms with Crippen molar-refractivity contribution >= 4 is 35.0 Å². The number of carboxylic acids is 1. The molecule has 140 valence electrons. The van der Waals surface area contributed by atoms with Crippen molar-refractivity contribution in [3.05, 3.63) is 74.7 Å². The summed E-state index contributed by atoms with van der Waals surface area (Å²) in [6, 6.07) is 16.2. The van der Waals surface area contributed by atoms with Crippen LogP contribution in [0.2, 0.25) is 0 Å². The molecular formula is C20H13NO5S2. The second-order valence-electron chi connectivity index (χ2n) is 6.55. The van der Waals surface area contributed by atoms with E-state index in [0.717, 1.165) is 28.7 Å². The third-order valence-corrected chi connectivity index (χ3v) is 7.52. The standard InChI is InChI=1S/C20H13NO5S2/c22-18(23)16-14-13(11-8-4-5-9-12(11)26-19(14)24)15-17(27-16)21(20(25)28-15)10-6-2-1-3-7-10/h1-9,13-14,16H,(H,22,23)/t13-,14+,16+/m0/s1. The molecule has 8 heteroatoms. The minimum Gasteiger partial charge on any atom is -0.480 e. The van der Waals surface area contributed by atoms with Crippen LogP contribution in [0.3, 0.4) is 0 Å². The van der Waals surface area contributed by atoms with Gasteiger partial charge in [-0.3, -0.25) is 19.0 Å². The number of aliphatic carboxylic acids is 1. The van der Waals surface area contributed by atoms with Gasteiger partial charge in [0.2, 0.25) is 0 Å². The second kappa shape index (κ2) is 6.35. The van der Waals surface area contributed by atoms with E-state index in [0.29, 0.717) is 21.3 Å². The molecule has 6 nitrogen and oxygen atoms in total. The van der Waals surface area contributed by atoms with E-state index in [1.165, 1.54) is 0 Å². The van der Waals surface area contributed by atoms with Crippen LogP contribution in [0, 0.1) is 5.92 Å². The van der Waals surface area contributed by atoms with Gasteiger partial charge in [-0.1, -0.05) is 59.5 Å². The summed E-state index contributed by atoms with van der Waals surface area (Å²) in [4.78, 5) is 38.1. The van der Waals surface area contributed by atoms with E-state index in [1.54, 1.807) is 28.8 Å². The highest BCUT2D eigenvalue weighted by Gasteiger charge is 2.52. The van der Waals surface area contributed by atoms with E-state index >= 15 is 0 Å². The van der Waals surface area contributed by atoms with Crippen molar-refractivity contribution in [3.63, 3.8) is 0 Å². The summed E-state index contributed by atoms with van der Waals surface area (Å²) in [5.41, 5.74) is 1.41. The van der Waals surface area contributed by atoms with Gasteiger partial charge in [-0.15, -0.1) is 0 Å². The van der Waals surface area contributed by atoms with Gasteiger partial charge in [-0.25, -0.2) is 0 Å². The van der Waals surface area contributed by atoms with E-state index < -0.39 is 29.0 Å². The molecule has 3 atom stereocenters. The first-order valence-corrected chi connectivity index (χ1v) is 10.3. The van der Waals surface area contributed by atoms with Crippen LogP contribution in [-0.2, 0) is 9.59 Å². The van der Waals surface area contributed by atoms with Crippen LogP contribution in [0.5, 0.6) is 5.75 Å². The molecule has 0 saturated heterocycles. The Morgan fingerprint density at radius 3 is 2.50 bits per heavy atom. The maximum Gasteiger partial charge on any atom is 0.317 e. The number of thioether (sulfide) groups is 1. The van der Waals surface area contributed by atoms with Crippen molar-refractivity contribution in [2.75, 3.05) is 0 Å². The molecule has 1 N–H and O–H groups in total. The molecule has 0 spiro atoms. The van der Waals surface area contributed by atoms with Crippen LogP contribution in [-0.4, -0.2) is 26.9 Å². The van der Waals surface area contributed by atoms with Gasteiger partial charge in [-0.2, -0.15) is 0 Å². The fourth-order valence-electron chi connectivity index (χ4n) is 3.82. The number of hydrogen-bond acceptors (Lipinski definition) is 6. The minimum absolute atomic E-state index is 0.204. The van der Waals surface area contributed by atoms with Gasteiger partial charge in [0.1, 0.15) is 11.0 Å². The van der Waals surface area contributed by atoms with Gasteiger partial charge in [0, 0.05) is 16.4 Å². The Balaban J connectivity index is 1.79. The summed E-state index contributed by atoms with van der Waals surface area (Å²) in [6.07, 6.45) is 0. The number of para-hydroxylation sites is 2. The van der Waals surface area contributed by atoms with Crippen molar-refractivity contribution in [2.45, 2.75) is 16.2 Å². The third kappa shape index (κ3) is 2.45. The molecule has 0 unspecified atom stereocenters. The summed E-state index contributed by atoms with van der Waals surface area (Å²) < 4.78 is 6.96. The Morgan fingerprint density at radius 2 is 1.75 bits per heavy atom. The number of carbonyl (C=O) groups excluding carboxylic acids is 1. The fourth-order valence-corrected chi connectivity index (χ4v) is 6.50. The van der Waals surface area contributed by atoms with E-state index in [2.05, 4.69) is 0 Å². The molecule has 0 fully saturated rings. The van der Waals surface area contributed by atoms with E-state index in [4.69, 9.17) is 4.74 Å². The van der Waals surface area contributed by atoms with Gasteiger partial charge in [0.25, 0.3) is 0 Å². The first-order chi connectivity index (χ1) is 13.6. The maximum atomic E-state index is 12.9. The molecule has 5 rings (SSSR count). The molecule has 1 aromatic heterocycles. The number of ether oxygens (including phenoxy) is 1. The Bertz CT molecular complexity index is 1170. The lowest BCUT2D eigenvalue weighted by Crippen LogP contribution is -2.44. The quantitative estimate of drug-likeness (QED) is 0.515. The van der Waals surface area contributed by atoms with Crippen LogP contribution in [0.15, 0.2) is 64.4 Å². The average molecular weight is 411 g/mol. The Hall–Kier alpha value is -2.84. The largest absolute Gasteiger partial charge is 0.480 e. The first-order valence-electron chi connectivity index (χ1n) is 8.57. The minimum atomic E-state index is -1.10. The van der Waals surface area contributed by atoms with Gasteiger partial charge >= 0.3 is 16.8 Å². The topological polar surface area (TPSA) is 85.6 Å². The zero-order valence-electron chi connectivity index (χ0n) is 14.3. The first kappa shape index (κ1) is 17.3. The van der Waals surface area contributed by atoms with Crippen LogP contribution in [0.1, 0.15) is 16.4 Å². The highest BCUT2D eigenvalue weighted by Crippen LogP contribution is 2.54. The van der Waals surface area contributed by atoms with Crippen LogP contribution >= 0.6 is 23.1 Å². The molecule has 2 aliphatic heterocycles. The predicted octanol–water partition coefficient (Wildman–Crippen LogP) is 3.13. The highest BCUT2D eigenvalue weighted by atomic mass is 32.2. The lowest BCUT2D eigenvalue weighted by Gasteiger charge is -2.37. The molecule has 0 amide bonds. The zero-order chi connectivity index (χ0) is 19.4. The van der Waals surface area contributed by atoms with Crippen molar-refractivity contribution in [2.24, 2.45) is 5.92 Å². The second-order valence-corrected chi connectivity index (χ2v) is 8.67. The van der Waals surface area contributed by atoms with Crippen LogP contribution in [0.4, 0.5) is 0 Å². The normalized spacial score (nSPS) is 22.6. The number of benzene rings is 2. The Kier molecular flexibility index (Phi) is 3.92. The summed E-state index contributed by atoms with van der Waals surface area (Å²) in [5, 5.41) is 9.37. The molecule has 0 radical (unpaired) electrons. The van der Waals surface area contributed by atoms with Gasteiger partial charge in [0.05, 0.1) is 16.6 Å². The summed E-state index contributed by atoms with van der Waals surface area (Å²) in [6.45, 7) is 0. The van der Waals surface area contributed by atoms with Crippen LogP contribution in [0.25, 0.3) is 5.69 Å². The van der Waals surface area contributed by atoms with E-state index in [9.17, 15) is 19.5 Å². The lowest BCUT2D eigenvalue weighted by atomic mass is 9.80. The number of rotatable bonds is 2. The maximum absolute atomic E-state index is 12.9. The Labute approximate surface area is 167 Å². The van der Waals surface area contributed by atoms with Crippen molar-refractivity contribution in [1.82, 2.24) is 4.57 Å². The number of carboxylic acid groups (broad SMARTS) is 1.